The summed E-state index contributed by atoms with van der Waals surface area (Å²) in [5, 5.41) is 0.834. The minimum Gasteiger partial charge on any atom is -0.515 e. The Kier molecular flexibility index (Phi) is 3.05. The van der Waals surface area contributed by atoms with Crippen LogP contribution in [0, 0.1) is 13.0 Å². The normalized spacial score (nSPS) is 9.62. The molecule has 66 valence electrons. The molecule has 3 heteroatoms. The SMILES string of the molecule is Cc1ccc2[c-]cc(=O)oc2c1.[W]. The third-order valence-electron chi connectivity index (χ3n) is 1.69. The molecule has 0 N–H and O–H groups in total. The molecular formula is C10H7O2W-. The quantitative estimate of drug-likeness (QED) is 0.540. The van der Waals surface area contributed by atoms with Crippen molar-refractivity contribution in [3.63, 3.8) is 0 Å². The fraction of sp³-hybridized carbons (Fsp3) is 0.100. The van der Waals surface area contributed by atoms with Gasteiger partial charge in [-0.3, -0.25) is 0 Å². The van der Waals surface area contributed by atoms with Gasteiger partial charge in [0.2, 0.25) is 5.63 Å². The van der Waals surface area contributed by atoms with Gasteiger partial charge in [-0.05, 0) is 6.92 Å². The maximum atomic E-state index is 10.8. The van der Waals surface area contributed by atoms with Crippen molar-refractivity contribution in [1.29, 1.82) is 0 Å². The van der Waals surface area contributed by atoms with Gasteiger partial charge in [-0.25, -0.2) is 0 Å². The van der Waals surface area contributed by atoms with E-state index in [1.54, 1.807) is 0 Å². The van der Waals surface area contributed by atoms with Crippen molar-refractivity contribution in [2.24, 2.45) is 0 Å². The van der Waals surface area contributed by atoms with E-state index in [0.29, 0.717) is 5.58 Å². The van der Waals surface area contributed by atoms with Crippen LogP contribution in [0.25, 0.3) is 11.0 Å². The molecule has 1 aromatic carbocycles. The molecule has 0 unspecified atom stereocenters. The Hall–Kier alpha value is -0.882. The molecule has 0 bridgehead atoms. The molecule has 0 aliphatic heterocycles. The van der Waals surface area contributed by atoms with Crippen molar-refractivity contribution < 1.29 is 25.5 Å². The molecule has 0 saturated heterocycles. The van der Waals surface area contributed by atoms with Crippen LogP contribution in [0.15, 0.2) is 33.5 Å². The van der Waals surface area contributed by atoms with Gasteiger partial charge < -0.3 is 9.21 Å². The fourth-order valence-corrected chi connectivity index (χ4v) is 1.11. The summed E-state index contributed by atoms with van der Waals surface area (Å²) in [6.45, 7) is 1.95. The van der Waals surface area contributed by atoms with Crippen molar-refractivity contribution in [2.45, 2.75) is 6.92 Å². The van der Waals surface area contributed by atoms with Gasteiger partial charge in [0.15, 0.2) is 0 Å². The number of aryl methyl sites for hydroxylation is 1. The van der Waals surface area contributed by atoms with E-state index in [4.69, 9.17) is 4.42 Å². The largest absolute Gasteiger partial charge is 0.515 e. The van der Waals surface area contributed by atoms with Crippen LogP contribution in [-0.2, 0) is 21.1 Å². The summed E-state index contributed by atoms with van der Waals surface area (Å²) in [5.74, 6) is 0. The molecule has 0 radical (unpaired) electrons. The second-order valence-corrected chi connectivity index (χ2v) is 2.71. The predicted molar refractivity (Wildman–Crippen MR) is 46.1 cm³/mol. The summed E-state index contributed by atoms with van der Waals surface area (Å²) in [6.07, 6.45) is 0. The summed E-state index contributed by atoms with van der Waals surface area (Å²) < 4.78 is 4.96. The zero-order valence-electron chi connectivity index (χ0n) is 7.03. The zero-order valence-corrected chi connectivity index (χ0v) is 9.97. The first-order valence-corrected chi connectivity index (χ1v) is 3.68. The van der Waals surface area contributed by atoms with Crippen LogP contribution in [-0.4, -0.2) is 0 Å². The third-order valence-corrected chi connectivity index (χ3v) is 1.69. The van der Waals surface area contributed by atoms with Crippen LogP contribution in [0.2, 0.25) is 0 Å². The first-order valence-electron chi connectivity index (χ1n) is 3.68. The zero-order chi connectivity index (χ0) is 8.55. The third kappa shape index (κ3) is 2.07. The smallest absolute Gasteiger partial charge is 0.248 e. The topological polar surface area (TPSA) is 30.2 Å². The second kappa shape index (κ2) is 3.88. The van der Waals surface area contributed by atoms with Gasteiger partial charge in [0, 0.05) is 26.6 Å². The van der Waals surface area contributed by atoms with Crippen molar-refractivity contribution in [1.82, 2.24) is 0 Å². The Morgan fingerprint density at radius 3 is 2.92 bits per heavy atom. The van der Waals surface area contributed by atoms with E-state index < -0.39 is 0 Å². The molecule has 1 aromatic heterocycles. The number of hydrogen-bond acceptors (Lipinski definition) is 2. The van der Waals surface area contributed by atoms with E-state index in [1.165, 1.54) is 6.07 Å². The molecule has 2 aromatic rings. The molecule has 2 rings (SSSR count). The predicted octanol–water partition coefficient (Wildman–Crippen LogP) is 1.90. The number of benzene rings is 1. The summed E-state index contributed by atoms with van der Waals surface area (Å²) in [5.41, 5.74) is 1.32. The molecular weight excluding hydrogens is 336 g/mol. The molecule has 0 aliphatic carbocycles. The maximum absolute atomic E-state index is 10.8. The van der Waals surface area contributed by atoms with Crippen LogP contribution < -0.4 is 5.63 Å². The van der Waals surface area contributed by atoms with Crippen molar-refractivity contribution in [3.05, 3.63) is 46.3 Å². The van der Waals surface area contributed by atoms with Crippen LogP contribution in [0.5, 0.6) is 0 Å². The molecule has 0 fully saturated rings. The Bertz CT molecular complexity index is 474. The fourth-order valence-electron chi connectivity index (χ4n) is 1.11. The minimum atomic E-state index is -0.354. The van der Waals surface area contributed by atoms with Gasteiger partial charge in [0.25, 0.3) is 0 Å². The van der Waals surface area contributed by atoms with Gasteiger partial charge in [-0.2, -0.15) is 0 Å². The van der Waals surface area contributed by atoms with E-state index in [9.17, 15) is 4.79 Å². The number of fused-ring (bicyclic) bond motifs is 1. The molecule has 0 aliphatic rings. The average molecular weight is 343 g/mol. The van der Waals surface area contributed by atoms with Crippen LogP contribution in [0.4, 0.5) is 0 Å². The first kappa shape index (κ1) is 10.2. The summed E-state index contributed by atoms with van der Waals surface area (Å²) in [4.78, 5) is 10.8. The van der Waals surface area contributed by atoms with E-state index in [1.807, 2.05) is 25.1 Å². The summed E-state index contributed by atoms with van der Waals surface area (Å²) in [7, 11) is 0. The summed E-state index contributed by atoms with van der Waals surface area (Å²) in [6, 6.07) is 9.81. The Labute approximate surface area is 89.8 Å². The van der Waals surface area contributed by atoms with Gasteiger partial charge in [-0.1, -0.05) is 17.7 Å². The molecule has 0 amide bonds. The van der Waals surface area contributed by atoms with Gasteiger partial charge in [-0.15, -0.1) is 23.6 Å². The molecule has 2 nitrogen and oxygen atoms in total. The van der Waals surface area contributed by atoms with Gasteiger partial charge in [0.05, 0.1) is 0 Å². The van der Waals surface area contributed by atoms with Crippen molar-refractivity contribution in [2.75, 3.05) is 0 Å². The van der Waals surface area contributed by atoms with Gasteiger partial charge in [0.1, 0.15) is 0 Å². The number of rotatable bonds is 0. The average Bonchev–Trinajstić information content (AvgIpc) is 2.03. The molecule has 1 heterocycles. The van der Waals surface area contributed by atoms with E-state index in [-0.39, 0.29) is 26.7 Å². The van der Waals surface area contributed by atoms with E-state index >= 15 is 0 Å². The first-order chi connectivity index (χ1) is 5.75. The van der Waals surface area contributed by atoms with E-state index in [2.05, 4.69) is 6.07 Å². The standard InChI is InChI=1S/C10H7O2.W/c1-7-2-3-8-4-5-10(11)12-9(8)6-7;/h2-3,5-6H,1H3;/q-1;. The Balaban J connectivity index is 0.000000845. The van der Waals surface area contributed by atoms with Gasteiger partial charge >= 0.3 is 0 Å². The van der Waals surface area contributed by atoms with Crippen LogP contribution >= 0.6 is 0 Å². The minimum absolute atomic E-state index is 0. The van der Waals surface area contributed by atoms with Crippen molar-refractivity contribution >= 4 is 11.0 Å². The van der Waals surface area contributed by atoms with Crippen LogP contribution in [0.3, 0.4) is 0 Å². The Morgan fingerprint density at radius 2 is 2.15 bits per heavy atom. The second-order valence-electron chi connectivity index (χ2n) is 2.71. The van der Waals surface area contributed by atoms with Crippen LogP contribution in [0.1, 0.15) is 5.56 Å². The molecule has 0 atom stereocenters. The number of hydrogen-bond donors (Lipinski definition) is 0. The monoisotopic (exact) mass is 343 g/mol. The maximum Gasteiger partial charge on any atom is 0.248 e. The Morgan fingerprint density at radius 1 is 1.38 bits per heavy atom. The summed E-state index contributed by atoms with van der Waals surface area (Å²) >= 11 is 0. The van der Waals surface area contributed by atoms with Crippen molar-refractivity contribution in [3.8, 4) is 0 Å². The molecule has 13 heavy (non-hydrogen) atoms. The molecule has 0 saturated carbocycles. The van der Waals surface area contributed by atoms with E-state index in [0.717, 1.165) is 10.9 Å². The molecule has 0 spiro atoms.